The Balaban J connectivity index is 2.34. The summed E-state index contributed by atoms with van der Waals surface area (Å²) in [4.78, 5) is 64.6. The molecule has 208 valence electrons. The van der Waals surface area contributed by atoms with Crippen LogP contribution < -0.4 is 21.7 Å². The van der Waals surface area contributed by atoms with E-state index in [4.69, 9.17) is 15.9 Å². The Hall–Kier alpha value is -3.97. The molecule has 0 aliphatic heterocycles. The Kier molecular flexibility index (Phi) is 11.2. The van der Waals surface area contributed by atoms with E-state index >= 15 is 0 Å². The lowest BCUT2D eigenvalue weighted by Crippen LogP contribution is -2.58. The van der Waals surface area contributed by atoms with Crippen LogP contribution in [0.2, 0.25) is 0 Å². The molecule has 2 rings (SSSR count). The molecule has 2 aromatic rings. The fourth-order valence-corrected chi connectivity index (χ4v) is 3.87. The van der Waals surface area contributed by atoms with Gasteiger partial charge in [-0.15, -0.1) is 0 Å². The Morgan fingerprint density at radius 3 is 2.13 bits per heavy atom. The molecule has 0 fully saturated rings. The van der Waals surface area contributed by atoms with Crippen LogP contribution in [0.25, 0.3) is 10.9 Å². The number of para-hydroxylation sites is 1. The summed E-state index contributed by atoms with van der Waals surface area (Å²) < 4.78 is 0. The van der Waals surface area contributed by atoms with E-state index in [0.717, 1.165) is 10.9 Å². The van der Waals surface area contributed by atoms with Crippen LogP contribution in [0.3, 0.4) is 0 Å². The first kappa shape index (κ1) is 30.3. The summed E-state index contributed by atoms with van der Waals surface area (Å²) in [5.41, 5.74) is 6.97. The maximum Gasteiger partial charge on any atom is 0.326 e. The number of hydrogen-bond donors (Lipinski definition) is 8. The number of amides is 3. The van der Waals surface area contributed by atoms with Crippen molar-refractivity contribution in [2.75, 3.05) is 6.61 Å². The van der Waals surface area contributed by atoms with Gasteiger partial charge in [-0.3, -0.25) is 19.2 Å². The Morgan fingerprint density at radius 2 is 1.53 bits per heavy atom. The second kappa shape index (κ2) is 14.1. The zero-order valence-electron chi connectivity index (χ0n) is 21.3. The molecule has 0 aliphatic carbocycles. The van der Waals surface area contributed by atoms with E-state index in [-0.39, 0.29) is 25.2 Å². The number of benzene rings is 1. The second-order valence-electron chi connectivity index (χ2n) is 9.44. The third-order valence-electron chi connectivity index (χ3n) is 5.87. The third kappa shape index (κ3) is 8.85. The number of aliphatic carboxylic acids is 2. The number of carbonyl (C=O) groups excluding carboxylic acids is 3. The summed E-state index contributed by atoms with van der Waals surface area (Å²) in [7, 11) is 0. The zero-order valence-corrected chi connectivity index (χ0v) is 21.3. The molecule has 0 saturated heterocycles. The summed E-state index contributed by atoms with van der Waals surface area (Å²) in [6.07, 6.45) is 1.03. The van der Waals surface area contributed by atoms with Gasteiger partial charge in [-0.1, -0.05) is 32.0 Å². The number of carboxylic acids is 2. The van der Waals surface area contributed by atoms with Gasteiger partial charge in [0.2, 0.25) is 17.7 Å². The van der Waals surface area contributed by atoms with Crippen LogP contribution in [-0.4, -0.2) is 80.7 Å². The van der Waals surface area contributed by atoms with Crippen molar-refractivity contribution >= 4 is 40.6 Å². The van der Waals surface area contributed by atoms with Crippen molar-refractivity contribution in [3.05, 3.63) is 36.0 Å². The van der Waals surface area contributed by atoms with Crippen molar-refractivity contribution in [1.82, 2.24) is 20.9 Å². The van der Waals surface area contributed by atoms with Crippen molar-refractivity contribution in [3.8, 4) is 0 Å². The van der Waals surface area contributed by atoms with Crippen LogP contribution in [0.15, 0.2) is 30.5 Å². The standard InChI is InChI=1S/C25H35N5O8/c1-13(2)9-20(25(37)38)30-24(36)19(10-14-11-27-17-6-4-3-5-15(14)17)29-23(35)18(7-8-21(32)33)28-22(34)16(26)12-31/h3-6,11,13,16,18-20,27,31H,7-10,12,26H2,1-2H3,(H,28,34)(H,29,35)(H,30,36)(H,32,33)(H,37,38)/t16-,18-,19-,20+/m1/s1. The lowest BCUT2D eigenvalue weighted by Gasteiger charge is -2.25. The van der Waals surface area contributed by atoms with Gasteiger partial charge in [-0.05, 0) is 30.4 Å². The maximum absolute atomic E-state index is 13.3. The molecule has 0 radical (unpaired) electrons. The first-order valence-corrected chi connectivity index (χ1v) is 12.2. The summed E-state index contributed by atoms with van der Waals surface area (Å²) >= 11 is 0. The number of fused-ring (bicyclic) bond motifs is 1. The maximum atomic E-state index is 13.3. The number of rotatable bonds is 15. The molecule has 0 aliphatic rings. The molecule has 1 aromatic carbocycles. The summed E-state index contributed by atoms with van der Waals surface area (Å²) in [6.45, 7) is 2.91. The van der Waals surface area contributed by atoms with Gasteiger partial charge in [-0.2, -0.15) is 0 Å². The van der Waals surface area contributed by atoms with E-state index < -0.39 is 66.9 Å². The molecule has 9 N–H and O–H groups in total. The van der Waals surface area contributed by atoms with E-state index in [0.29, 0.717) is 5.56 Å². The molecule has 0 bridgehead atoms. The monoisotopic (exact) mass is 533 g/mol. The first-order valence-electron chi connectivity index (χ1n) is 12.2. The number of hydrogen-bond acceptors (Lipinski definition) is 7. The lowest BCUT2D eigenvalue weighted by molar-refractivity contribution is -0.142. The number of nitrogens with two attached hydrogens (primary N) is 1. The van der Waals surface area contributed by atoms with Crippen molar-refractivity contribution in [1.29, 1.82) is 0 Å². The lowest BCUT2D eigenvalue weighted by atomic mass is 10.0. The number of carbonyl (C=O) groups is 5. The number of nitrogens with one attached hydrogen (secondary N) is 4. The summed E-state index contributed by atoms with van der Waals surface area (Å²) in [5.74, 6) is -4.97. The molecule has 13 nitrogen and oxygen atoms in total. The SMILES string of the molecule is CC(C)C[C@H](NC(=O)[C@@H](Cc1c[nH]c2ccccc12)NC(=O)[C@@H](CCC(=O)O)NC(=O)[C@H](N)CO)C(=O)O. The number of aromatic nitrogens is 1. The molecular weight excluding hydrogens is 498 g/mol. The summed E-state index contributed by atoms with van der Waals surface area (Å²) in [5, 5.41) is 35.9. The minimum Gasteiger partial charge on any atom is -0.481 e. The predicted octanol–water partition coefficient (Wildman–Crippen LogP) is -0.520. The van der Waals surface area contributed by atoms with Crippen LogP contribution in [-0.2, 0) is 30.4 Å². The average molecular weight is 534 g/mol. The normalized spacial score (nSPS) is 14.3. The zero-order chi connectivity index (χ0) is 28.4. The average Bonchev–Trinajstić information content (AvgIpc) is 3.27. The van der Waals surface area contributed by atoms with Gasteiger partial charge in [0.15, 0.2) is 0 Å². The van der Waals surface area contributed by atoms with E-state index in [2.05, 4.69) is 20.9 Å². The van der Waals surface area contributed by atoms with Crippen LogP contribution in [0.1, 0.15) is 38.7 Å². The molecule has 38 heavy (non-hydrogen) atoms. The van der Waals surface area contributed by atoms with Crippen LogP contribution >= 0.6 is 0 Å². The molecule has 1 aromatic heterocycles. The minimum atomic E-state index is -1.37. The Labute approximate surface area is 219 Å². The van der Waals surface area contributed by atoms with Gasteiger partial charge in [0.25, 0.3) is 0 Å². The van der Waals surface area contributed by atoms with Crippen molar-refractivity contribution in [3.63, 3.8) is 0 Å². The number of aliphatic hydroxyl groups excluding tert-OH is 1. The highest BCUT2D eigenvalue weighted by atomic mass is 16.4. The highest BCUT2D eigenvalue weighted by Gasteiger charge is 2.31. The van der Waals surface area contributed by atoms with Gasteiger partial charge in [0.1, 0.15) is 24.2 Å². The number of aromatic amines is 1. The van der Waals surface area contributed by atoms with Gasteiger partial charge < -0.3 is 42.0 Å². The Morgan fingerprint density at radius 1 is 0.921 bits per heavy atom. The van der Waals surface area contributed by atoms with Crippen LogP contribution in [0.5, 0.6) is 0 Å². The minimum absolute atomic E-state index is 0.0225. The largest absolute Gasteiger partial charge is 0.481 e. The Bertz CT molecular complexity index is 1150. The molecule has 4 atom stereocenters. The quantitative estimate of drug-likeness (QED) is 0.147. The van der Waals surface area contributed by atoms with E-state index in [1.165, 1.54) is 0 Å². The molecule has 0 spiro atoms. The molecule has 1 heterocycles. The molecule has 13 heteroatoms. The third-order valence-corrected chi connectivity index (χ3v) is 5.87. The number of H-pyrrole nitrogens is 1. The smallest absolute Gasteiger partial charge is 0.326 e. The van der Waals surface area contributed by atoms with Gasteiger partial charge in [-0.25, -0.2) is 4.79 Å². The fraction of sp³-hybridized carbons (Fsp3) is 0.480. The van der Waals surface area contributed by atoms with Crippen molar-refractivity contribution in [2.24, 2.45) is 11.7 Å². The number of aliphatic hydroxyl groups is 1. The van der Waals surface area contributed by atoms with E-state index in [9.17, 15) is 29.1 Å². The summed E-state index contributed by atoms with van der Waals surface area (Å²) in [6, 6.07) is 2.11. The van der Waals surface area contributed by atoms with E-state index in [1.807, 2.05) is 18.2 Å². The topological polar surface area (TPSA) is 224 Å². The van der Waals surface area contributed by atoms with Crippen molar-refractivity contribution < 1.29 is 39.3 Å². The van der Waals surface area contributed by atoms with Gasteiger partial charge in [0.05, 0.1) is 6.61 Å². The van der Waals surface area contributed by atoms with Gasteiger partial charge >= 0.3 is 11.9 Å². The highest BCUT2D eigenvalue weighted by molar-refractivity contribution is 5.95. The molecule has 0 unspecified atom stereocenters. The van der Waals surface area contributed by atoms with Gasteiger partial charge in [0, 0.05) is 29.9 Å². The predicted molar refractivity (Wildman–Crippen MR) is 137 cm³/mol. The van der Waals surface area contributed by atoms with E-state index in [1.54, 1.807) is 26.1 Å². The second-order valence-corrected chi connectivity index (χ2v) is 9.44. The molecule has 3 amide bonds. The van der Waals surface area contributed by atoms with Crippen LogP contribution in [0.4, 0.5) is 0 Å². The van der Waals surface area contributed by atoms with Crippen LogP contribution in [0, 0.1) is 5.92 Å². The van der Waals surface area contributed by atoms with Crippen molar-refractivity contribution in [2.45, 2.75) is 63.7 Å². The highest BCUT2D eigenvalue weighted by Crippen LogP contribution is 2.19. The molecular formula is C25H35N5O8. The fourth-order valence-electron chi connectivity index (χ4n) is 3.87. The number of carboxylic acid groups (broad SMARTS) is 2. The molecule has 0 saturated carbocycles. The first-order chi connectivity index (χ1) is 17.9.